The predicted molar refractivity (Wildman–Crippen MR) is 101 cm³/mol. The van der Waals surface area contributed by atoms with Gasteiger partial charge in [0.05, 0.1) is 12.1 Å². The molecule has 0 spiro atoms. The lowest BCUT2D eigenvalue weighted by molar-refractivity contribution is -0.127. The van der Waals surface area contributed by atoms with E-state index in [1.807, 2.05) is 0 Å². The number of anilines is 2. The van der Waals surface area contributed by atoms with E-state index in [2.05, 4.69) is 31.3 Å². The van der Waals surface area contributed by atoms with Gasteiger partial charge >= 0.3 is 6.03 Å². The minimum absolute atomic E-state index is 0.0469. The van der Waals surface area contributed by atoms with Crippen LogP contribution in [0.2, 0.25) is 0 Å². The average molecular weight is 401 g/mol. The molecule has 0 fully saturated rings. The number of rotatable bonds is 5. The number of aromatic nitrogens is 4. The molecule has 3 rings (SSSR count). The Bertz CT molecular complexity index is 1020. The standard InChI is InChI=1S/C18H17F2N7O2/c1-27(2)16(28)6-10-3-4-15(14(5-10)17-23-25-26-24-17)22-18(29)21-13-8-11(19)7-12(20)9-13/h3-5,7-9H,6H2,1-2H3,(H2,21,22,29)(H,23,24,25,26). The topological polar surface area (TPSA) is 116 Å². The number of hydrogen-bond acceptors (Lipinski definition) is 5. The number of likely N-dealkylation sites (N-methyl/N-ethyl adjacent to an activating group) is 1. The van der Waals surface area contributed by atoms with E-state index in [1.54, 1.807) is 32.3 Å². The average Bonchev–Trinajstić information content (AvgIpc) is 3.16. The van der Waals surface area contributed by atoms with Crippen LogP contribution < -0.4 is 10.6 Å². The van der Waals surface area contributed by atoms with Gasteiger partial charge in [-0.05, 0) is 35.0 Å². The molecule has 3 amide bonds. The number of nitrogens with zero attached hydrogens (tertiary/aromatic N) is 4. The van der Waals surface area contributed by atoms with E-state index in [-0.39, 0.29) is 23.8 Å². The molecule has 9 nitrogen and oxygen atoms in total. The highest BCUT2D eigenvalue weighted by atomic mass is 19.1. The van der Waals surface area contributed by atoms with Gasteiger partial charge in [-0.25, -0.2) is 13.6 Å². The second-order valence-electron chi connectivity index (χ2n) is 6.32. The van der Waals surface area contributed by atoms with Gasteiger partial charge in [0.1, 0.15) is 11.6 Å². The summed E-state index contributed by atoms with van der Waals surface area (Å²) in [5.74, 6) is -1.53. The van der Waals surface area contributed by atoms with Crippen molar-refractivity contribution in [2.24, 2.45) is 0 Å². The molecule has 0 aliphatic heterocycles. The Hall–Kier alpha value is -3.89. The highest BCUT2D eigenvalue weighted by Gasteiger charge is 2.15. The number of H-pyrrole nitrogens is 1. The van der Waals surface area contributed by atoms with Crippen molar-refractivity contribution in [3.63, 3.8) is 0 Å². The number of halogens is 2. The second-order valence-corrected chi connectivity index (χ2v) is 6.32. The Morgan fingerprint density at radius 2 is 1.79 bits per heavy atom. The Kier molecular flexibility index (Phi) is 5.77. The molecule has 0 unspecified atom stereocenters. The zero-order valence-corrected chi connectivity index (χ0v) is 15.5. The third kappa shape index (κ3) is 5.09. The van der Waals surface area contributed by atoms with Crippen LogP contribution in [0.5, 0.6) is 0 Å². The number of benzene rings is 2. The van der Waals surface area contributed by atoms with E-state index >= 15 is 0 Å². The maximum atomic E-state index is 13.3. The summed E-state index contributed by atoms with van der Waals surface area (Å²) in [6.45, 7) is 0. The first-order valence-corrected chi connectivity index (χ1v) is 8.43. The molecular weight excluding hydrogens is 384 g/mol. The summed E-state index contributed by atoms with van der Waals surface area (Å²) < 4.78 is 26.6. The van der Waals surface area contributed by atoms with Crippen LogP contribution in [0.15, 0.2) is 36.4 Å². The molecule has 0 atom stereocenters. The molecular formula is C18H17F2N7O2. The van der Waals surface area contributed by atoms with Crippen LogP contribution in [0, 0.1) is 11.6 Å². The maximum Gasteiger partial charge on any atom is 0.323 e. The van der Waals surface area contributed by atoms with Crippen molar-refractivity contribution >= 4 is 23.3 Å². The van der Waals surface area contributed by atoms with E-state index in [1.165, 1.54) is 4.90 Å². The van der Waals surface area contributed by atoms with E-state index in [0.717, 1.165) is 12.1 Å². The van der Waals surface area contributed by atoms with Gasteiger partial charge in [0.25, 0.3) is 0 Å². The zero-order chi connectivity index (χ0) is 21.0. The van der Waals surface area contributed by atoms with Gasteiger partial charge in [-0.15, -0.1) is 10.2 Å². The van der Waals surface area contributed by atoms with E-state index in [4.69, 9.17) is 0 Å². The molecule has 2 aromatic carbocycles. The third-order valence-corrected chi connectivity index (χ3v) is 3.89. The molecule has 150 valence electrons. The Labute approximate surface area is 164 Å². The number of hydrogen-bond donors (Lipinski definition) is 3. The van der Waals surface area contributed by atoms with Crippen molar-refractivity contribution in [2.45, 2.75) is 6.42 Å². The summed E-state index contributed by atoms with van der Waals surface area (Å²) >= 11 is 0. The summed E-state index contributed by atoms with van der Waals surface area (Å²) in [6.07, 6.45) is 0.146. The monoisotopic (exact) mass is 401 g/mol. The SMILES string of the molecule is CN(C)C(=O)Cc1ccc(NC(=O)Nc2cc(F)cc(F)c2)c(-c2nn[nH]n2)c1. The summed E-state index contributed by atoms with van der Waals surface area (Å²) in [5.41, 5.74) is 1.38. The fourth-order valence-electron chi connectivity index (χ4n) is 2.51. The van der Waals surface area contributed by atoms with Gasteiger partial charge in [-0.2, -0.15) is 5.21 Å². The largest absolute Gasteiger partial charge is 0.349 e. The smallest absolute Gasteiger partial charge is 0.323 e. The Morgan fingerprint density at radius 3 is 2.41 bits per heavy atom. The molecule has 0 radical (unpaired) electrons. The van der Waals surface area contributed by atoms with Crippen molar-refractivity contribution in [3.05, 3.63) is 53.6 Å². The van der Waals surface area contributed by atoms with Gasteiger partial charge in [-0.3, -0.25) is 4.79 Å². The number of amides is 3. The minimum Gasteiger partial charge on any atom is -0.349 e. The number of carbonyl (C=O) groups is 2. The van der Waals surface area contributed by atoms with E-state index in [9.17, 15) is 18.4 Å². The quantitative estimate of drug-likeness (QED) is 0.607. The number of carbonyl (C=O) groups excluding carboxylic acids is 2. The van der Waals surface area contributed by atoms with E-state index in [0.29, 0.717) is 22.9 Å². The van der Waals surface area contributed by atoms with Crippen LogP contribution >= 0.6 is 0 Å². The minimum atomic E-state index is -0.817. The van der Waals surface area contributed by atoms with Crippen LogP contribution in [0.1, 0.15) is 5.56 Å². The fraction of sp³-hybridized carbons (Fsp3) is 0.167. The molecule has 0 saturated heterocycles. The molecule has 0 saturated carbocycles. The van der Waals surface area contributed by atoms with Crippen molar-refractivity contribution in [1.29, 1.82) is 0 Å². The third-order valence-electron chi connectivity index (χ3n) is 3.89. The maximum absolute atomic E-state index is 13.3. The van der Waals surface area contributed by atoms with Gasteiger partial charge < -0.3 is 15.5 Å². The van der Waals surface area contributed by atoms with Gasteiger partial charge in [0.15, 0.2) is 0 Å². The normalized spacial score (nSPS) is 10.5. The van der Waals surface area contributed by atoms with Crippen LogP contribution in [-0.2, 0) is 11.2 Å². The summed E-state index contributed by atoms with van der Waals surface area (Å²) in [4.78, 5) is 25.7. The van der Waals surface area contributed by atoms with Crippen LogP contribution in [0.4, 0.5) is 25.0 Å². The molecule has 0 aliphatic rings. The second kappa shape index (κ2) is 8.42. The first kappa shape index (κ1) is 19.9. The molecule has 0 aliphatic carbocycles. The number of nitrogens with one attached hydrogen (secondary N) is 3. The van der Waals surface area contributed by atoms with Gasteiger partial charge in [-0.1, -0.05) is 6.07 Å². The molecule has 3 N–H and O–H groups in total. The summed E-state index contributed by atoms with van der Waals surface area (Å²) in [7, 11) is 3.30. The van der Waals surface area contributed by atoms with Gasteiger partial charge in [0.2, 0.25) is 11.7 Å². The zero-order valence-electron chi connectivity index (χ0n) is 15.5. The predicted octanol–water partition coefficient (Wildman–Crippen LogP) is 2.42. The number of urea groups is 1. The Morgan fingerprint density at radius 1 is 1.07 bits per heavy atom. The van der Waals surface area contributed by atoms with Gasteiger partial charge in [0, 0.05) is 31.4 Å². The van der Waals surface area contributed by atoms with Crippen molar-refractivity contribution < 1.29 is 18.4 Å². The molecule has 3 aromatic rings. The van der Waals surface area contributed by atoms with Crippen LogP contribution in [0.25, 0.3) is 11.4 Å². The summed E-state index contributed by atoms with van der Waals surface area (Å²) in [6, 6.07) is 6.85. The van der Waals surface area contributed by atoms with Crippen molar-refractivity contribution in [1.82, 2.24) is 25.5 Å². The number of aromatic amines is 1. The number of tetrazole rings is 1. The highest BCUT2D eigenvalue weighted by molar-refractivity contribution is 6.02. The lowest BCUT2D eigenvalue weighted by Gasteiger charge is -2.13. The molecule has 1 aromatic heterocycles. The first-order chi connectivity index (χ1) is 13.8. The van der Waals surface area contributed by atoms with E-state index < -0.39 is 17.7 Å². The fourth-order valence-corrected chi connectivity index (χ4v) is 2.51. The summed E-state index contributed by atoms with van der Waals surface area (Å²) in [5, 5.41) is 18.6. The molecule has 29 heavy (non-hydrogen) atoms. The lowest BCUT2D eigenvalue weighted by Crippen LogP contribution is -2.23. The molecule has 0 bridgehead atoms. The molecule has 1 heterocycles. The van der Waals surface area contributed by atoms with Crippen LogP contribution in [0.3, 0.4) is 0 Å². The Balaban J connectivity index is 1.84. The lowest BCUT2D eigenvalue weighted by atomic mass is 10.0. The van der Waals surface area contributed by atoms with Crippen molar-refractivity contribution in [3.8, 4) is 11.4 Å². The van der Waals surface area contributed by atoms with Crippen LogP contribution in [-0.4, -0.2) is 51.6 Å². The first-order valence-electron chi connectivity index (χ1n) is 8.43. The molecule has 11 heteroatoms. The van der Waals surface area contributed by atoms with Crippen molar-refractivity contribution in [2.75, 3.05) is 24.7 Å². The highest BCUT2D eigenvalue weighted by Crippen LogP contribution is 2.27.